The summed E-state index contributed by atoms with van der Waals surface area (Å²) in [7, 11) is 0. The molecular formula is C9H10ClNO3S. The fourth-order valence-corrected chi connectivity index (χ4v) is 2.20. The molecule has 0 radical (unpaired) electrons. The van der Waals surface area contributed by atoms with E-state index in [2.05, 4.69) is 0 Å². The van der Waals surface area contributed by atoms with Crippen molar-refractivity contribution < 1.29 is 10.0 Å². The predicted molar refractivity (Wildman–Crippen MR) is 60.7 cm³/mol. The molecule has 0 amide bonds. The van der Waals surface area contributed by atoms with E-state index in [0.717, 1.165) is 10.5 Å². The van der Waals surface area contributed by atoms with Crippen LogP contribution in [0.15, 0.2) is 17.0 Å². The Kier molecular flexibility index (Phi) is 4.38. The van der Waals surface area contributed by atoms with Crippen molar-refractivity contribution in [2.45, 2.75) is 11.8 Å². The molecule has 0 unspecified atom stereocenters. The number of hydrogen-bond acceptors (Lipinski definition) is 4. The van der Waals surface area contributed by atoms with Gasteiger partial charge in [-0.25, -0.2) is 0 Å². The summed E-state index contributed by atoms with van der Waals surface area (Å²) in [5.41, 5.74) is 0.715. The maximum Gasteiger partial charge on any atom is 0.288 e. The minimum atomic E-state index is -0.504. The zero-order valence-electron chi connectivity index (χ0n) is 8.07. The van der Waals surface area contributed by atoms with Crippen LogP contribution < -0.4 is 0 Å². The van der Waals surface area contributed by atoms with Crippen LogP contribution in [0.3, 0.4) is 0 Å². The monoisotopic (exact) mass is 247 g/mol. The lowest BCUT2D eigenvalue weighted by Gasteiger charge is -2.05. The third-order valence-electron chi connectivity index (χ3n) is 1.79. The average Bonchev–Trinajstić information content (AvgIpc) is 2.18. The number of nitrogens with zero attached hydrogens (tertiary/aromatic N) is 1. The highest BCUT2D eigenvalue weighted by molar-refractivity contribution is 7.99. The molecule has 0 heterocycles. The Morgan fingerprint density at radius 1 is 1.60 bits per heavy atom. The fourth-order valence-electron chi connectivity index (χ4n) is 1.10. The topological polar surface area (TPSA) is 63.4 Å². The lowest BCUT2D eigenvalue weighted by atomic mass is 10.2. The van der Waals surface area contributed by atoms with E-state index in [1.807, 2.05) is 0 Å². The Hall–Kier alpha value is -0.780. The number of benzene rings is 1. The maximum atomic E-state index is 10.6. The Bertz CT molecular complexity index is 384. The maximum absolute atomic E-state index is 10.6. The van der Waals surface area contributed by atoms with Crippen LogP contribution in [0.4, 0.5) is 5.69 Å². The number of thioether (sulfide) groups is 1. The summed E-state index contributed by atoms with van der Waals surface area (Å²) >= 11 is 7.18. The Labute approximate surface area is 96.4 Å². The first kappa shape index (κ1) is 12.3. The van der Waals surface area contributed by atoms with Crippen LogP contribution >= 0.6 is 23.4 Å². The predicted octanol–water partition coefficient (Wildman–Crippen LogP) is 2.64. The van der Waals surface area contributed by atoms with Gasteiger partial charge in [0, 0.05) is 16.7 Å². The van der Waals surface area contributed by atoms with Gasteiger partial charge in [0.25, 0.3) is 5.69 Å². The molecule has 6 heteroatoms. The van der Waals surface area contributed by atoms with Gasteiger partial charge in [-0.15, -0.1) is 11.8 Å². The molecular weight excluding hydrogens is 238 g/mol. The van der Waals surface area contributed by atoms with E-state index in [1.54, 1.807) is 13.0 Å². The van der Waals surface area contributed by atoms with Gasteiger partial charge in [0.2, 0.25) is 0 Å². The Balaban J connectivity index is 3.02. The van der Waals surface area contributed by atoms with Gasteiger partial charge >= 0.3 is 0 Å². The van der Waals surface area contributed by atoms with Gasteiger partial charge in [-0.1, -0.05) is 11.6 Å². The molecule has 1 rings (SSSR count). The summed E-state index contributed by atoms with van der Waals surface area (Å²) in [6, 6.07) is 3.01. The average molecular weight is 248 g/mol. The smallest absolute Gasteiger partial charge is 0.288 e. The van der Waals surface area contributed by atoms with Crippen LogP contribution in [0.1, 0.15) is 5.56 Å². The van der Waals surface area contributed by atoms with Gasteiger partial charge in [0.15, 0.2) is 0 Å². The van der Waals surface area contributed by atoms with E-state index in [4.69, 9.17) is 16.7 Å². The summed E-state index contributed by atoms with van der Waals surface area (Å²) in [6.07, 6.45) is 0. The summed E-state index contributed by atoms with van der Waals surface area (Å²) in [6.45, 7) is 1.85. The molecule has 0 atom stereocenters. The Morgan fingerprint density at radius 3 is 2.80 bits per heavy atom. The van der Waals surface area contributed by atoms with Crippen LogP contribution in [0.5, 0.6) is 0 Å². The molecule has 1 N–H and O–H groups in total. The molecule has 0 aliphatic heterocycles. The van der Waals surface area contributed by atoms with Crippen molar-refractivity contribution in [3.8, 4) is 0 Å². The fraction of sp³-hybridized carbons (Fsp3) is 0.333. The largest absolute Gasteiger partial charge is 0.396 e. The number of hydrogen-bond donors (Lipinski definition) is 1. The van der Waals surface area contributed by atoms with Gasteiger partial charge in [0.05, 0.1) is 11.5 Å². The molecule has 0 aromatic heterocycles. The van der Waals surface area contributed by atoms with Crippen molar-refractivity contribution in [2.75, 3.05) is 12.4 Å². The standard InChI is InChI=1S/C9H10ClNO3S/c1-6-4-8(11(13)14)7(10)5-9(6)15-3-2-12/h4-5,12H,2-3H2,1H3. The van der Waals surface area contributed by atoms with Crippen molar-refractivity contribution >= 4 is 29.1 Å². The van der Waals surface area contributed by atoms with E-state index in [0.29, 0.717) is 5.75 Å². The molecule has 0 saturated carbocycles. The van der Waals surface area contributed by atoms with Crippen molar-refractivity contribution in [1.29, 1.82) is 0 Å². The minimum Gasteiger partial charge on any atom is -0.396 e. The van der Waals surface area contributed by atoms with Crippen LogP contribution in [0, 0.1) is 17.0 Å². The number of aryl methyl sites for hydroxylation is 1. The molecule has 82 valence electrons. The zero-order valence-corrected chi connectivity index (χ0v) is 9.64. The van der Waals surface area contributed by atoms with Crippen LogP contribution in [0.25, 0.3) is 0 Å². The Morgan fingerprint density at radius 2 is 2.27 bits per heavy atom. The molecule has 1 aromatic carbocycles. The van der Waals surface area contributed by atoms with E-state index >= 15 is 0 Å². The second kappa shape index (κ2) is 5.34. The number of nitro groups is 1. The lowest BCUT2D eigenvalue weighted by Crippen LogP contribution is -1.93. The molecule has 4 nitrogen and oxygen atoms in total. The van der Waals surface area contributed by atoms with Crippen LogP contribution in [0.2, 0.25) is 5.02 Å². The number of aliphatic hydroxyl groups is 1. The highest BCUT2D eigenvalue weighted by atomic mass is 35.5. The van der Waals surface area contributed by atoms with E-state index < -0.39 is 4.92 Å². The molecule has 0 saturated heterocycles. The third kappa shape index (κ3) is 3.09. The van der Waals surface area contributed by atoms with Crippen molar-refractivity contribution in [3.63, 3.8) is 0 Å². The number of aliphatic hydroxyl groups excluding tert-OH is 1. The highest BCUT2D eigenvalue weighted by Gasteiger charge is 2.14. The van der Waals surface area contributed by atoms with Gasteiger partial charge in [0.1, 0.15) is 5.02 Å². The lowest BCUT2D eigenvalue weighted by molar-refractivity contribution is -0.384. The summed E-state index contributed by atoms with van der Waals surface area (Å²) in [5, 5.41) is 19.4. The second-order valence-corrected chi connectivity index (χ2v) is 4.44. The van der Waals surface area contributed by atoms with Crippen molar-refractivity contribution in [2.24, 2.45) is 0 Å². The molecule has 0 aliphatic rings. The van der Waals surface area contributed by atoms with Gasteiger partial charge in [-0.05, 0) is 18.6 Å². The molecule has 0 aliphatic carbocycles. The third-order valence-corrected chi connectivity index (χ3v) is 3.23. The summed E-state index contributed by atoms with van der Waals surface area (Å²) in [5.74, 6) is 0.551. The van der Waals surface area contributed by atoms with Crippen molar-refractivity contribution in [3.05, 3.63) is 32.8 Å². The first-order chi connectivity index (χ1) is 7.06. The quantitative estimate of drug-likeness (QED) is 0.505. The number of rotatable bonds is 4. The first-order valence-corrected chi connectivity index (χ1v) is 5.61. The molecule has 15 heavy (non-hydrogen) atoms. The van der Waals surface area contributed by atoms with Gasteiger partial charge in [-0.2, -0.15) is 0 Å². The zero-order chi connectivity index (χ0) is 11.4. The normalized spacial score (nSPS) is 10.3. The number of halogens is 1. The minimum absolute atomic E-state index is 0.0682. The summed E-state index contributed by atoms with van der Waals surface area (Å²) in [4.78, 5) is 10.9. The van der Waals surface area contributed by atoms with Gasteiger partial charge in [-0.3, -0.25) is 10.1 Å². The van der Waals surface area contributed by atoms with E-state index in [-0.39, 0.29) is 17.3 Å². The molecule has 0 bridgehead atoms. The van der Waals surface area contributed by atoms with E-state index in [9.17, 15) is 10.1 Å². The van der Waals surface area contributed by atoms with Crippen molar-refractivity contribution in [1.82, 2.24) is 0 Å². The highest BCUT2D eigenvalue weighted by Crippen LogP contribution is 2.32. The number of nitro benzene ring substituents is 1. The molecule has 1 aromatic rings. The van der Waals surface area contributed by atoms with Crippen LogP contribution in [-0.4, -0.2) is 22.4 Å². The van der Waals surface area contributed by atoms with Gasteiger partial charge < -0.3 is 5.11 Å². The first-order valence-electron chi connectivity index (χ1n) is 4.24. The van der Waals surface area contributed by atoms with Crippen LogP contribution in [-0.2, 0) is 0 Å². The van der Waals surface area contributed by atoms with E-state index in [1.165, 1.54) is 17.8 Å². The SMILES string of the molecule is Cc1cc([N+](=O)[O-])c(Cl)cc1SCCO. The molecule has 0 spiro atoms. The second-order valence-electron chi connectivity index (χ2n) is 2.90. The summed E-state index contributed by atoms with van der Waals surface area (Å²) < 4.78 is 0. The molecule has 0 fully saturated rings.